The number of halogens is 1. The van der Waals surface area contributed by atoms with Crippen molar-refractivity contribution in [1.29, 1.82) is 0 Å². The Kier molecular flexibility index (Phi) is 2.99. The Balaban J connectivity index is 1.62. The Morgan fingerprint density at radius 2 is 2.18 bits per heavy atom. The van der Waals surface area contributed by atoms with E-state index in [1.165, 1.54) is 28.6 Å². The van der Waals surface area contributed by atoms with Crippen LogP contribution in [0.15, 0.2) is 34.8 Å². The minimum absolute atomic E-state index is 0.830. The Hall–Kier alpha value is -0.760. The van der Waals surface area contributed by atoms with Crippen molar-refractivity contribution in [3.63, 3.8) is 0 Å². The lowest BCUT2D eigenvalue weighted by molar-refractivity contribution is 0.472. The molecule has 3 atom stereocenters. The van der Waals surface area contributed by atoms with Gasteiger partial charge in [0.25, 0.3) is 0 Å². The molecule has 0 saturated heterocycles. The number of hydrogen-bond donors (Lipinski definition) is 1. The maximum atomic E-state index is 3.62. The normalized spacial score (nSPS) is 29.9. The standard InChI is InChI=1S/C15H18BrN/c1-10-2-5-15(14(16)6-10)17-9-13-8-11-3-4-12(13)7-11/h2-6,11-13,17H,7-9H2,1H3. The van der Waals surface area contributed by atoms with E-state index < -0.39 is 0 Å². The summed E-state index contributed by atoms with van der Waals surface area (Å²) in [4.78, 5) is 0. The molecule has 17 heavy (non-hydrogen) atoms. The highest BCUT2D eigenvalue weighted by Crippen LogP contribution is 2.43. The summed E-state index contributed by atoms with van der Waals surface area (Å²) >= 11 is 3.62. The molecule has 1 fully saturated rings. The number of rotatable bonds is 3. The van der Waals surface area contributed by atoms with Crippen molar-refractivity contribution >= 4 is 21.6 Å². The first-order chi connectivity index (χ1) is 8.22. The van der Waals surface area contributed by atoms with Crippen LogP contribution in [0.3, 0.4) is 0 Å². The molecule has 0 amide bonds. The first kappa shape index (κ1) is 11.3. The van der Waals surface area contributed by atoms with Crippen molar-refractivity contribution < 1.29 is 0 Å². The zero-order valence-corrected chi connectivity index (χ0v) is 11.7. The van der Waals surface area contributed by atoms with Gasteiger partial charge < -0.3 is 5.32 Å². The smallest absolute Gasteiger partial charge is 0.0484 e. The number of fused-ring (bicyclic) bond motifs is 2. The average molecular weight is 292 g/mol. The SMILES string of the molecule is Cc1ccc(NCC2CC3C=CC2C3)c(Br)c1. The Labute approximate surface area is 111 Å². The fourth-order valence-electron chi connectivity index (χ4n) is 3.13. The van der Waals surface area contributed by atoms with Gasteiger partial charge in [0.05, 0.1) is 0 Å². The molecular weight excluding hydrogens is 274 g/mol. The molecule has 3 rings (SSSR count). The number of aryl methyl sites for hydroxylation is 1. The number of allylic oxidation sites excluding steroid dienone is 2. The van der Waals surface area contributed by atoms with Crippen LogP contribution in [0.4, 0.5) is 5.69 Å². The molecule has 1 aromatic rings. The second-order valence-corrected chi connectivity index (χ2v) is 6.26. The topological polar surface area (TPSA) is 12.0 Å². The number of nitrogens with one attached hydrogen (secondary N) is 1. The fraction of sp³-hybridized carbons (Fsp3) is 0.467. The summed E-state index contributed by atoms with van der Waals surface area (Å²) in [5.41, 5.74) is 2.52. The van der Waals surface area contributed by atoms with Crippen LogP contribution in [0.25, 0.3) is 0 Å². The Morgan fingerprint density at radius 1 is 1.29 bits per heavy atom. The van der Waals surface area contributed by atoms with Crippen LogP contribution in [0.2, 0.25) is 0 Å². The van der Waals surface area contributed by atoms with E-state index in [2.05, 4.69) is 58.5 Å². The minimum Gasteiger partial charge on any atom is -0.384 e. The fourth-order valence-corrected chi connectivity index (χ4v) is 3.77. The molecule has 90 valence electrons. The molecule has 0 spiro atoms. The van der Waals surface area contributed by atoms with Gasteiger partial charge >= 0.3 is 0 Å². The maximum Gasteiger partial charge on any atom is 0.0484 e. The molecule has 0 aromatic heterocycles. The lowest BCUT2D eigenvalue weighted by Crippen LogP contribution is -2.18. The van der Waals surface area contributed by atoms with Gasteiger partial charge in [0, 0.05) is 16.7 Å². The molecule has 1 nitrogen and oxygen atoms in total. The number of anilines is 1. The number of hydrogen-bond acceptors (Lipinski definition) is 1. The van der Waals surface area contributed by atoms with Gasteiger partial charge in [-0.3, -0.25) is 0 Å². The van der Waals surface area contributed by atoms with Gasteiger partial charge in [0.2, 0.25) is 0 Å². The highest BCUT2D eigenvalue weighted by atomic mass is 79.9. The van der Waals surface area contributed by atoms with Crippen LogP contribution in [-0.4, -0.2) is 6.54 Å². The minimum atomic E-state index is 0.830. The van der Waals surface area contributed by atoms with Crippen LogP contribution in [0.1, 0.15) is 18.4 Å². The summed E-state index contributed by atoms with van der Waals surface area (Å²) in [7, 11) is 0. The Morgan fingerprint density at radius 3 is 2.82 bits per heavy atom. The molecule has 2 aliphatic rings. The predicted octanol–water partition coefficient (Wildman–Crippen LogP) is 4.38. The van der Waals surface area contributed by atoms with Gasteiger partial charge in [-0.1, -0.05) is 18.2 Å². The lowest BCUT2D eigenvalue weighted by Gasteiger charge is -2.19. The first-order valence-electron chi connectivity index (χ1n) is 6.41. The zero-order chi connectivity index (χ0) is 11.8. The van der Waals surface area contributed by atoms with Gasteiger partial charge in [-0.15, -0.1) is 0 Å². The number of benzene rings is 1. The van der Waals surface area contributed by atoms with E-state index in [9.17, 15) is 0 Å². The van der Waals surface area contributed by atoms with Crippen molar-refractivity contribution in [2.75, 3.05) is 11.9 Å². The third kappa shape index (κ3) is 2.28. The highest BCUT2D eigenvalue weighted by Gasteiger charge is 2.35. The third-order valence-corrected chi connectivity index (χ3v) is 4.75. The molecule has 3 unspecified atom stereocenters. The van der Waals surface area contributed by atoms with E-state index in [1.54, 1.807) is 0 Å². The van der Waals surface area contributed by atoms with E-state index in [1.807, 2.05) is 0 Å². The van der Waals surface area contributed by atoms with Crippen molar-refractivity contribution in [2.24, 2.45) is 17.8 Å². The molecule has 0 aliphatic heterocycles. The van der Waals surface area contributed by atoms with E-state index in [0.717, 1.165) is 24.3 Å². The van der Waals surface area contributed by atoms with Crippen molar-refractivity contribution in [2.45, 2.75) is 19.8 Å². The van der Waals surface area contributed by atoms with E-state index in [4.69, 9.17) is 0 Å². The predicted molar refractivity (Wildman–Crippen MR) is 76.2 cm³/mol. The molecule has 0 radical (unpaired) electrons. The summed E-state index contributed by atoms with van der Waals surface area (Å²) in [5, 5.41) is 3.59. The van der Waals surface area contributed by atoms with Gasteiger partial charge in [-0.2, -0.15) is 0 Å². The van der Waals surface area contributed by atoms with Gasteiger partial charge in [0.1, 0.15) is 0 Å². The van der Waals surface area contributed by atoms with Crippen molar-refractivity contribution in [1.82, 2.24) is 0 Å². The third-order valence-electron chi connectivity index (χ3n) is 4.10. The molecular formula is C15H18BrN. The maximum absolute atomic E-state index is 3.62. The van der Waals surface area contributed by atoms with E-state index in [-0.39, 0.29) is 0 Å². The monoisotopic (exact) mass is 291 g/mol. The van der Waals surface area contributed by atoms with Gasteiger partial charge in [-0.25, -0.2) is 0 Å². The van der Waals surface area contributed by atoms with Crippen LogP contribution in [0, 0.1) is 24.7 Å². The molecule has 2 aliphatic carbocycles. The summed E-state index contributed by atoms with van der Waals surface area (Å²) in [6, 6.07) is 6.50. The average Bonchev–Trinajstić information content (AvgIpc) is 2.89. The van der Waals surface area contributed by atoms with Crippen molar-refractivity contribution in [3.8, 4) is 0 Å². The molecule has 0 heterocycles. The quantitative estimate of drug-likeness (QED) is 0.815. The summed E-state index contributed by atoms with van der Waals surface area (Å²) in [6.07, 6.45) is 7.59. The summed E-state index contributed by atoms with van der Waals surface area (Å²) in [6.45, 7) is 3.22. The van der Waals surface area contributed by atoms with Crippen LogP contribution >= 0.6 is 15.9 Å². The summed E-state index contributed by atoms with van der Waals surface area (Å²) in [5.74, 6) is 2.53. The second kappa shape index (κ2) is 4.49. The van der Waals surface area contributed by atoms with Crippen LogP contribution < -0.4 is 5.32 Å². The molecule has 2 bridgehead atoms. The highest BCUT2D eigenvalue weighted by molar-refractivity contribution is 9.10. The van der Waals surface area contributed by atoms with Gasteiger partial charge in [-0.05, 0) is 71.1 Å². The van der Waals surface area contributed by atoms with E-state index in [0.29, 0.717) is 0 Å². The Bertz CT molecular complexity index is 452. The molecule has 2 heteroatoms. The molecule has 1 aromatic carbocycles. The lowest BCUT2D eigenvalue weighted by atomic mass is 9.93. The molecule has 1 N–H and O–H groups in total. The summed E-state index contributed by atoms with van der Waals surface area (Å²) < 4.78 is 1.18. The largest absolute Gasteiger partial charge is 0.384 e. The van der Waals surface area contributed by atoms with Crippen LogP contribution in [-0.2, 0) is 0 Å². The second-order valence-electron chi connectivity index (χ2n) is 5.40. The molecule has 1 saturated carbocycles. The van der Waals surface area contributed by atoms with Gasteiger partial charge in [0.15, 0.2) is 0 Å². The zero-order valence-electron chi connectivity index (χ0n) is 10.1. The first-order valence-corrected chi connectivity index (χ1v) is 7.20. The van der Waals surface area contributed by atoms with Crippen LogP contribution in [0.5, 0.6) is 0 Å². The van der Waals surface area contributed by atoms with Crippen molar-refractivity contribution in [3.05, 3.63) is 40.4 Å². The van der Waals surface area contributed by atoms with E-state index >= 15 is 0 Å².